The van der Waals surface area contributed by atoms with Crippen molar-refractivity contribution in [2.75, 3.05) is 18.1 Å². The predicted molar refractivity (Wildman–Crippen MR) is 63.4 cm³/mol. The summed E-state index contributed by atoms with van der Waals surface area (Å²) in [6.07, 6.45) is 1.92. The largest absolute Gasteiger partial charge is 0.396 e. The predicted octanol–water partition coefficient (Wildman–Crippen LogP) is 1.99. The average Bonchev–Trinajstić information content (AvgIpc) is 2.53. The minimum absolute atomic E-state index is 0.237. The number of rotatable bonds is 3. The van der Waals surface area contributed by atoms with E-state index in [2.05, 4.69) is 36.9 Å². The normalized spacial score (nSPS) is 19.4. The van der Waals surface area contributed by atoms with Gasteiger partial charge in [0.05, 0.1) is 0 Å². The van der Waals surface area contributed by atoms with E-state index >= 15 is 0 Å². The molecule has 0 bridgehead atoms. The Labute approximate surface area is 91.5 Å². The average molecular weight is 205 g/mol. The molecular formula is C13H19NO. The molecule has 1 aromatic carbocycles. The van der Waals surface area contributed by atoms with Gasteiger partial charge in [0.1, 0.15) is 0 Å². The molecule has 15 heavy (non-hydrogen) atoms. The van der Waals surface area contributed by atoms with Gasteiger partial charge in [-0.2, -0.15) is 0 Å². The Hall–Kier alpha value is -1.02. The van der Waals surface area contributed by atoms with Crippen LogP contribution in [0.1, 0.15) is 25.0 Å². The maximum atomic E-state index is 8.93. The van der Waals surface area contributed by atoms with Gasteiger partial charge < -0.3 is 10.0 Å². The molecule has 0 amide bonds. The Balaban J connectivity index is 2.31. The third kappa shape index (κ3) is 1.86. The third-order valence-corrected chi connectivity index (χ3v) is 3.25. The Bertz CT molecular complexity index is 348. The highest BCUT2D eigenvalue weighted by molar-refractivity contribution is 5.60. The molecule has 1 aromatic rings. The fourth-order valence-electron chi connectivity index (χ4n) is 2.48. The van der Waals surface area contributed by atoms with E-state index in [4.69, 9.17) is 5.11 Å². The first-order chi connectivity index (χ1) is 7.26. The van der Waals surface area contributed by atoms with Crippen LogP contribution in [0, 0.1) is 0 Å². The van der Waals surface area contributed by atoms with Crippen LogP contribution in [0.2, 0.25) is 0 Å². The quantitative estimate of drug-likeness (QED) is 0.815. The summed E-state index contributed by atoms with van der Waals surface area (Å²) in [4.78, 5) is 2.44. The zero-order chi connectivity index (χ0) is 10.8. The fourth-order valence-corrected chi connectivity index (χ4v) is 2.48. The summed E-state index contributed by atoms with van der Waals surface area (Å²) in [6.45, 7) is 5.77. The number of aliphatic hydroxyl groups excluding tert-OH is 1. The molecule has 1 aliphatic rings. The van der Waals surface area contributed by atoms with Gasteiger partial charge in [0.15, 0.2) is 0 Å². The second kappa shape index (κ2) is 4.23. The lowest BCUT2D eigenvalue weighted by molar-refractivity contribution is 0.299. The first kappa shape index (κ1) is 10.5. The van der Waals surface area contributed by atoms with Gasteiger partial charge >= 0.3 is 0 Å². The van der Waals surface area contributed by atoms with Crippen molar-refractivity contribution in [2.45, 2.75) is 32.7 Å². The Kier molecular flexibility index (Phi) is 2.96. The molecule has 1 aliphatic heterocycles. The van der Waals surface area contributed by atoms with Crippen molar-refractivity contribution in [3.05, 3.63) is 29.3 Å². The molecule has 0 aromatic heterocycles. The van der Waals surface area contributed by atoms with Crippen LogP contribution in [0.25, 0.3) is 0 Å². The molecule has 0 saturated carbocycles. The molecule has 82 valence electrons. The van der Waals surface area contributed by atoms with Crippen molar-refractivity contribution >= 4 is 5.69 Å². The van der Waals surface area contributed by atoms with Crippen molar-refractivity contribution in [3.8, 4) is 0 Å². The van der Waals surface area contributed by atoms with Crippen LogP contribution in [0.15, 0.2) is 18.2 Å². The number of likely N-dealkylation sites (N-methyl/N-ethyl adjacent to an activating group) is 1. The Morgan fingerprint density at radius 1 is 1.47 bits per heavy atom. The summed E-state index contributed by atoms with van der Waals surface area (Å²) < 4.78 is 0. The number of benzene rings is 1. The molecule has 0 radical (unpaired) electrons. The fraction of sp³-hybridized carbons (Fsp3) is 0.538. The van der Waals surface area contributed by atoms with Crippen molar-refractivity contribution < 1.29 is 5.11 Å². The van der Waals surface area contributed by atoms with E-state index in [1.807, 2.05) is 0 Å². The van der Waals surface area contributed by atoms with E-state index in [1.165, 1.54) is 16.8 Å². The smallest absolute Gasteiger partial charge is 0.0471 e. The molecule has 0 saturated heterocycles. The lowest BCUT2D eigenvalue weighted by atomic mass is 10.1. The number of hydrogen-bond acceptors (Lipinski definition) is 2. The van der Waals surface area contributed by atoms with E-state index in [1.54, 1.807) is 0 Å². The Morgan fingerprint density at radius 2 is 2.27 bits per heavy atom. The van der Waals surface area contributed by atoms with E-state index < -0.39 is 0 Å². The minimum Gasteiger partial charge on any atom is -0.396 e. The van der Waals surface area contributed by atoms with Gasteiger partial charge in [-0.25, -0.2) is 0 Å². The molecule has 1 unspecified atom stereocenters. The van der Waals surface area contributed by atoms with Gasteiger partial charge in [-0.15, -0.1) is 0 Å². The molecule has 1 N–H and O–H groups in total. The summed E-state index contributed by atoms with van der Waals surface area (Å²) in [6, 6.07) is 7.21. The van der Waals surface area contributed by atoms with Gasteiger partial charge in [0, 0.05) is 24.9 Å². The third-order valence-electron chi connectivity index (χ3n) is 3.25. The van der Waals surface area contributed by atoms with Crippen LogP contribution in [0.4, 0.5) is 5.69 Å². The number of aliphatic hydroxyl groups is 1. The van der Waals surface area contributed by atoms with Crippen molar-refractivity contribution in [2.24, 2.45) is 0 Å². The summed E-state index contributed by atoms with van der Waals surface area (Å²) in [5.74, 6) is 0. The molecule has 2 nitrogen and oxygen atoms in total. The minimum atomic E-state index is 0.237. The summed E-state index contributed by atoms with van der Waals surface area (Å²) in [7, 11) is 0. The van der Waals surface area contributed by atoms with Crippen molar-refractivity contribution in [1.82, 2.24) is 0 Å². The highest BCUT2D eigenvalue weighted by atomic mass is 16.2. The lowest BCUT2D eigenvalue weighted by Crippen LogP contribution is -2.28. The van der Waals surface area contributed by atoms with E-state index in [0.717, 1.165) is 19.4 Å². The molecule has 2 heteroatoms. The summed E-state index contributed by atoms with van der Waals surface area (Å²) >= 11 is 0. The molecule has 0 aliphatic carbocycles. The first-order valence-electron chi connectivity index (χ1n) is 5.75. The second-order valence-corrected chi connectivity index (χ2v) is 4.28. The highest BCUT2D eigenvalue weighted by Gasteiger charge is 2.24. The van der Waals surface area contributed by atoms with Gasteiger partial charge in [-0.05, 0) is 43.9 Å². The van der Waals surface area contributed by atoms with Crippen molar-refractivity contribution in [1.29, 1.82) is 0 Å². The van der Waals surface area contributed by atoms with Gasteiger partial charge in [0.2, 0.25) is 0 Å². The number of nitrogens with zero attached hydrogens (tertiary/aromatic N) is 1. The zero-order valence-electron chi connectivity index (χ0n) is 9.53. The van der Waals surface area contributed by atoms with Gasteiger partial charge in [-0.1, -0.05) is 12.1 Å². The molecule has 0 fully saturated rings. The first-order valence-corrected chi connectivity index (χ1v) is 5.75. The monoisotopic (exact) mass is 205 g/mol. The maximum Gasteiger partial charge on any atom is 0.0471 e. The Morgan fingerprint density at radius 3 is 2.93 bits per heavy atom. The molecule has 2 rings (SSSR count). The standard InChI is InChI=1S/C13H19NO/c1-3-14-10(2)8-12-5-4-11(6-7-15)9-13(12)14/h4-5,9-10,15H,3,6-8H2,1-2H3. The van der Waals surface area contributed by atoms with E-state index in [-0.39, 0.29) is 6.61 Å². The lowest BCUT2D eigenvalue weighted by Gasteiger charge is -2.23. The zero-order valence-corrected chi connectivity index (χ0v) is 9.53. The van der Waals surface area contributed by atoms with E-state index in [0.29, 0.717) is 6.04 Å². The van der Waals surface area contributed by atoms with Gasteiger partial charge in [0.25, 0.3) is 0 Å². The van der Waals surface area contributed by atoms with Crippen molar-refractivity contribution in [3.63, 3.8) is 0 Å². The molecule has 1 atom stereocenters. The molecule has 0 spiro atoms. The number of anilines is 1. The molecule has 1 heterocycles. The summed E-state index contributed by atoms with van der Waals surface area (Å²) in [5, 5.41) is 8.93. The van der Waals surface area contributed by atoms with Crippen LogP contribution < -0.4 is 4.90 Å². The van der Waals surface area contributed by atoms with Crippen LogP contribution in [0.5, 0.6) is 0 Å². The van der Waals surface area contributed by atoms with Crippen LogP contribution in [-0.2, 0) is 12.8 Å². The second-order valence-electron chi connectivity index (χ2n) is 4.28. The SMILES string of the molecule is CCN1c2cc(CCO)ccc2CC1C. The van der Waals surface area contributed by atoms with Gasteiger partial charge in [-0.3, -0.25) is 0 Å². The number of hydrogen-bond donors (Lipinski definition) is 1. The molecular weight excluding hydrogens is 186 g/mol. The van der Waals surface area contributed by atoms with E-state index in [9.17, 15) is 0 Å². The summed E-state index contributed by atoms with van der Waals surface area (Å²) in [5.41, 5.74) is 4.06. The number of fused-ring (bicyclic) bond motifs is 1. The highest BCUT2D eigenvalue weighted by Crippen LogP contribution is 2.32. The van der Waals surface area contributed by atoms with Crippen LogP contribution in [-0.4, -0.2) is 24.3 Å². The van der Waals surface area contributed by atoms with Crippen LogP contribution >= 0.6 is 0 Å². The maximum absolute atomic E-state index is 8.93. The topological polar surface area (TPSA) is 23.5 Å². The van der Waals surface area contributed by atoms with Crippen LogP contribution in [0.3, 0.4) is 0 Å².